The molecule has 0 heterocycles. The van der Waals surface area contributed by atoms with Crippen molar-refractivity contribution in [2.24, 2.45) is 5.92 Å². The van der Waals surface area contributed by atoms with Crippen molar-refractivity contribution in [3.8, 4) is 0 Å². The van der Waals surface area contributed by atoms with Crippen molar-refractivity contribution >= 4 is 11.9 Å². The summed E-state index contributed by atoms with van der Waals surface area (Å²) < 4.78 is 4.97. The number of carbonyl (C=O) groups excluding carboxylic acids is 1. The fourth-order valence-corrected chi connectivity index (χ4v) is 3.21. The van der Waals surface area contributed by atoms with E-state index in [0.717, 1.165) is 12.8 Å². The summed E-state index contributed by atoms with van der Waals surface area (Å²) in [4.78, 5) is 22.7. The Kier molecular flexibility index (Phi) is 19.0. The molecule has 0 amide bonds. The van der Waals surface area contributed by atoms with Gasteiger partial charge in [0.1, 0.15) is 6.61 Å². The van der Waals surface area contributed by atoms with E-state index in [1.165, 1.54) is 76.7 Å². The van der Waals surface area contributed by atoms with Crippen molar-refractivity contribution in [1.82, 2.24) is 0 Å². The Hall–Kier alpha value is -1.58. The lowest BCUT2D eigenvalue weighted by Crippen LogP contribution is -2.20. The molecule has 1 unspecified atom stereocenters. The number of hydrogen-bond acceptors (Lipinski definition) is 3. The Labute approximate surface area is 172 Å². The summed E-state index contributed by atoms with van der Waals surface area (Å²) in [6.07, 6.45) is 22.7. The highest BCUT2D eigenvalue weighted by Gasteiger charge is 2.21. The van der Waals surface area contributed by atoms with Gasteiger partial charge in [0.15, 0.2) is 0 Å². The van der Waals surface area contributed by atoms with Crippen LogP contribution in [0, 0.1) is 5.92 Å². The minimum atomic E-state index is -0.977. The summed E-state index contributed by atoms with van der Waals surface area (Å²) in [5, 5.41) is 8.93. The Morgan fingerprint density at radius 3 is 1.93 bits per heavy atom. The molecule has 1 N–H and O–H groups in total. The highest BCUT2D eigenvalue weighted by Crippen LogP contribution is 2.14. The van der Waals surface area contributed by atoms with Crippen LogP contribution in [-0.2, 0) is 14.3 Å². The van der Waals surface area contributed by atoms with Gasteiger partial charge in [0.25, 0.3) is 0 Å². The minimum absolute atomic E-state index is 0.123. The summed E-state index contributed by atoms with van der Waals surface area (Å²) >= 11 is 0. The number of allylic oxidation sites excluding steroid dienone is 2. The van der Waals surface area contributed by atoms with Crippen molar-refractivity contribution in [2.45, 2.75) is 103 Å². The molecule has 0 rings (SSSR count). The molecule has 0 radical (unpaired) electrons. The van der Waals surface area contributed by atoms with Crippen LogP contribution in [0.1, 0.15) is 103 Å². The van der Waals surface area contributed by atoms with Crippen molar-refractivity contribution in [3.63, 3.8) is 0 Å². The topological polar surface area (TPSA) is 63.6 Å². The molecule has 1 atom stereocenters. The number of carbonyl (C=O) groups is 2. The van der Waals surface area contributed by atoms with E-state index in [4.69, 9.17) is 9.84 Å². The zero-order valence-electron chi connectivity index (χ0n) is 18.0. The van der Waals surface area contributed by atoms with E-state index in [2.05, 4.69) is 19.6 Å². The highest BCUT2D eigenvalue weighted by molar-refractivity contribution is 5.79. The molecule has 0 aromatic heterocycles. The van der Waals surface area contributed by atoms with E-state index in [0.29, 0.717) is 6.42 Å². The van der Waals surface area contributed by atoms with Gasteiger partial charge >= 0.3 is 11.9 Å². The third-order valence-corrected chi connectivity index (χ3v) is 4.91. The molecule has 4 nitrogen and oxygen atoms in total. The molecule has 162 valence electrons. The van der Waals surface area contributed by atoms with Crippen LogP contribution in [0.4, 0.5) is 0 Å². The molecular formula is C24H42O4. The SMILES string of the molecule is C=CCOC(=O)C(C/C=C/CCCCCCCCCCCCCC)CC(=O)O. The zero-order chi connectivity index (χ0) is 20.9. The smallest absolute Gasteiger partial charge is 0.310 e. The molecule has 0 aromatic carbocycles. The van der Waals surface area contributed by atoms with Crippen molar-refractivity contribution < 1.29 is 19.4 Å². The first-order valence-electron chi connectivity index (χ1n) is 11.3. The van der Waals surface area contributed by atoms with Crippen molar-refractivity contribution in [2.75, 3.05) is 6.61 Å². The Morgan fingerprint density at radius 1 is 0.893 bits per heavy atom. The van der Waals surface area contributed by atoms with E-state index in [9.17, 15) is 9.59 Å². The second-order valence-corrected chi connectivity index (χ2v) is 7.60. The van der Waals surface area contributed by atoms with E-state index < -0.39 is 17.9 Å². The van der Waals surface area contributed by atoms with Crippen molar-refractivity contribution in [3.05, 3.63) is 24.8 Å². The summed E-state index contributed by atoms with van der Waals surface area (Å²) in [6.45, 7) is 5.87. The summed E-state index contributed by atoms with van der Waals surface area (Å²) in [6, 6.07) is 0. The predicted molar refractivity (Wildman–Crippen MR) is 116 cm³/mol. The average molecular weight is 395 g/mol. The van der Waals surface area contributed by atoms with Crippen LogP contribution >= 0.6 is 0 Å². The van der Waals surface area contributed by atoms with Crippen LogP contribution in [-0.4, -0.2) is 23.7 Å². The molecule has 0 fully saturated rings. The molecule has 0 aliphatic rings. The lowest BCUT2D eigenvalue weighted by molar-refractivity contribution is -0.152. The first-order valence-corrected chi connectivity index (χ1v) is 11.3. The Balaban J connectivity index is 3.64. The van der Waals surface area contributed by atoms with Gasteiger partial charge in [-0.05, 0) is 19.3 Å². The molecule has 0 saturated carbocycles. The molecule has 0 aromatic rings. The van der Waals surface area contributed by atoms with E-state index in [1.54, 1.807) is 0 Å². The number of ether oxygens (including phenoxy) is 1. The number of carboxylic acid groups (broad SMARTS) is 1. The Bertz CT molecular complexity index is 428. The number of esters is 1. The molecule has 4 heteroatoms. The maximum atomic E-state index is 11.8. The minimum Gasteiger partial charge on any atom is -0.481 e. The van der Waals surface area contributed by atoms with Crippen LogP contribution in [0.15, 0.2) is 24.8 Å². The maximum absolute atomic E-state index is 11.8. The van der Waals surface area contributed by atoms with Gasteiger partial charge in [-0.3, -0.25) is 9.59 Å². The number of aliphatic carboxylic acids is 1. The van der Waals surface area contributed by atoms with Crippen LogP contribution in [0.3, 0.4) is 0 Å². The fraction of sp³-hybridized carbons (Fsp3) is 0.750. The zero-order valence-corrected chi connectivity index (χ0v) is 18.0. The molecule has 0 aliphatic heterocycles. The average Bonchev–Trinajstić information content (AvgIpc) is 2.67. The van der Waals surface area contributed by atoms with Crippen molar-refractivity contribution in [1.29, 1.82) is 0 Å². The third kappa shape index (κ3) is 17.8. The first-order chi connectivity index (χ1) is 13.6. The Morgan fingerprint density at radius 2 is 1.43 bits per heavy atom. The van der Waals surface area contributed by atoms with E-state index in [-0.39, 0.29) is 13.0 Å². The number of unbranched alkanes of at least 4 members (excludes halogenated alkanes) is 12. The predicted octanol–water partition coefficient (Wildman–Crippen LogP) is 6.84. The second kappa shape index (κ2) is 20.2. The molecule has 28 heavy (non-hydrogen) atoms. The standard InChI is InChI=1S/C24H42O4/c1-3-5-6-7-8-9-10-11-12-13-14-15-16-17-18-19-22(21-23(25)26)24(27)28-20-4-2/h4,17-18,22H,2-3,5-16,19-21H2,1H3,(H,25,26)/b18-17+. The van der Waals surface area contributed by atoms with Gasteiger partial charge in [0.05, 0.1) is 12.3 Å². The first kappa shape index (κ1) is 26.4. The molecule has 0 bridgehead atoms. The van der Waals surface area contributed by atoms with E-state index in [1.807, 2.05) is 6.08 Å². The highest BCUT2D eigenvalue weighted by atomic mass is 16.5. The lowest BCUT2D eigenvalue weighted by atomic mass is 10.0. The van der Waals surface area contributed by atoms with Gasteiger partial charge in [-0.25, -0.2) is 0 Å². The molecule has 0 saturated heterocycles. The maximum Gasteiger partial charge on any atom is 0.310 e. The fourth-order valence-electron chi connectivity index (χ4n) is 3.21. The van der Waals surface area contributed by atoms with Gasteiger partial charge < -0.3 is 9.84 Å². The summed E-state index contributed by atoms with van der Waals surface area (Å²) in [5.74, 6) is -2.05. The number of carboxylic acids is 1. The molecular weight excluding hydrogens is 352 g/mol. The largest absolute Gasteiger partial charge is 0.481 e. The number of hydrogen-bond donors (Lipinski definition) is 1. The quantitative estimate of drug-likeness (QED) is 0.139. The van der Waals surface area contributed by atoms with E-state index >= 15 is 0 Å². The van der Waals surface area contributed by atoms with Gasteiger partial charge in [-0.15, -0.1) is 0 Å². The van der Waals surface area contributed by atoms with Crippen LogP contribution < -0.4 is 0 Å². The monoisotopic (exact) mass is 394 g/mol. The number of rotatable bonds is 20. The van der Waals surface area contributed by atoms with Gasteiger partial charge in [-0.2, -0.15) is 0 Å². The van der Waals surface area contributed by atoms with Gasteiger partial charge in [0, 0.05) is 0 Å². The lowest BCUT2D eigenvalue weighted by Gasteiger charge is -2.11. The summed E-state index contributed by atoms with van der Waals surface area (Å²) in [5.41, 5.74) is 0. The van der Waals surface area contributed by atoms with Crippen LogP contribution in [0.2, 0.25) is 0 Å². The molecule has 0 spiro atoms. The summed E-state index contributed by atoms with van der Waals surface area (Å²) in [7, 11) is 0. The normalized spacial score (nSPS) is 12.2. The third-order valence-electron chi connectivity index (χ3n) is 4.91. The van der Waals surface area contributed by atoms with Crippen LogP contribution in [0.25, 0.3) is 0 Å². The molecule has 0 aliphatic carbocycles. The second-order valence-electron chi connectivity index (χ2n) is 7.60. The van der Waals surface area contributed by atoms with Gasteiger partial charge in [-0.1, -0.05) is 102 Å². The van der Waals surface area contributed by atoms with Crippen LogP contribution in [0.5, 0.6) is 0 Å². The van der Waals surface area contributed by atoms with Gasteiger partial charge in [0.2, 0.25) is 0 Å².